The monoisotopic (exact) mass is 448 g/mol. The summed E-state index contributed by atoms with van der Waals surface area (Å²) >= 11 is 1.71. The van der Waals surface area contributed by atoms with Gasteiger partial charge in [-0.2, -0.15) is 0 Å². The molecule has 0 aliphatic carbocycles. The minimum Gasteiger partial charge on any atom is -0.454 e. The van der Waals surface area contributed by atoms with E-state index in [0.717, 1.165) is 44.3 Å². The molecule has 33 heavy (non-hydrogen) atoms. The lowest BCUT2D eigenvalue weighted by atomic mass is 9.88. The molecule has 0 bridgehead atoms. The molecule has 3 aromatic heterocycles. The molecule has 3 heterocycles. The van der Waals surface area contributed by atoms with E-state index in [9.17, 15) is 0 Å². The van der Waals surface area contributed by atoms with Gasteiger partial charge in [-0.15, -0.1) is 11.3 Å². The second kappa shape index (κ2) is 7.57. The van der Waals surface area contributed by atoms with Gasteiger partial charge in [0.05, 0.1) is 10.4 Å². The Labute approximate surface area is 198 Å². The number of fused-ring (bicyclic) bond motifs is 5. The molecule has 162 valence electrons. The fourth-order valence-electron chi connectivity index (χ4n) is 4.94. The van der Waals surface area contributed by atoms with Gasteiger partial charge >= 0.3 is 0 Å². The number of furan rings is 1. The van der Waals surface area contributed by atoms with Crippen LogP contribution >= 0.6 is 11.3 Å². The number of hydrogen-bond donors (Lipinski definition) is 0. The van der Waals surface area contributed by atoms with Crippen LogP contribution < -0.4 is 0 Å². The second-order valence-corrected chi connectivity index (χ2v) is 9.86. The summed E-state index contributed by atoms with van der Waals surface area (Å²) in [5, 5.41) is 5.52. The Morgan fingerprint density at radius 3 is 2.42 bits per heavy atom. The normalized spacial score (nSPS) is 12.7. The third-order valence-corrected chi connectivity index (χ3v) is 7.48. The zero-order valence-corrected chi connectivity index (χ0v) is 20.0. The summed E-state index contributed by atoms with van der Waals surface area (Å²) in [6.45, 7) is 8.13. The fourth-order valence-corrected chi connectivity index (χ4v) is 5.82. The Morgan fingerprint density at radius 2 is 1.64 bits per heavy atom. The molecule has 0 amide bonds. The summed E-state index contributed by atoms with van der Waals surface area (Å²) < 4.78 is 16.6. The summed E-state index contributed by atoms with van der Waals surface area (Å²) in [6, 6.07) is 21.1. The molecule has 0 spiro atoms. The molecule has 0 N–H and O–H groups in total. The topological polar surface area (TPSA) is 26.0 Å². The van der Waals surface area contributed by atoms with E-state index in [1.807, 2.05) is 20.0 Å². The maximum Gasteiger partial charge on any atom is 0.153 e. The van der Waals surface area contributed by atoms with Crippen molar-refractivity contribution in [3.8, 4) is 22.4 Å². The number of pyridine rings is 1. The number of para-hydroxylation sites is 1. The van der Waals surface area contributed by atoms with Crippen LogP contribution in [0.1, 0.15) is 37.8 Å². The van der Waals surface area contributed by atoms with Crippen LogP contribution in [0.25, 0.3) is 54.4 Å². The molecule has 0 aliphatic heterocycles. The van der Waals surface area contributed by atoms with E-state index in [1.165, 1.54) is 26.8 Å². The Kier molecular flexibility index (Phi) is 4.37. The van der Waals surface area contributed by atoms with Crippen LogP contribution in [-0.2, 0) is 0 Å². The Bertz CT molecular complexity index is 1700. The quantitative estimate of drug-likeness (QED) is 0.269. The highest BCUT2D eigenvalue weighted by Crippen LogP contribution is 2.41. The maximum absolute atomic E-state index is 8.94. The van der Waals surface area contributed by atoms with Crippen LogP contribution in [0.4, 0.5) is 0 Å². The lowest BCUT2D eigenvalue weighted by Gasteiger charge is -2.18. The number of hydrogen-bond acceptors (Lipinski definition) is 3. The van der Waals surface area contributed by atoms with Gasteiger partial charge in [-0.3, -0.25) is 4.98 Å². The molecule has 0 saturated heterocycles. The highest BCUT2D eigenvalue weighted by atomic mass is 32.1. The summed E-state index contributed by atoms with van der Waals surface area (Å²) in [4.78, 5) is 4.91. The average Bonchev–Trinajstić information content (AvgIpc) is 3.42. The third-order valence-electron chi connectivity index (χ3n) is 6.55. The maximum atomic E-state index is 8.94. The number of aryl methyl sites for hydroxylation is 2. The van der Waals surface area contributed by atoms with E-state index in [-0.39, 0.29) is 0 Å². The van der Waals surface area contributed by atoms with Crippen molar-refractivity contribution in [1.82, 2.24) is 4.98 Å². The lowest BCUT2D eigenvalue weighted by molar-refractivity contribution is 0.674. The summed E-state index contributed by atoms with van der Waals surface area (Å²) in [5.74, 6) is -0.785. The first kappa shape index (κ1) is 19.1. The van der Waals surface area contributed by atoms with Crippen LogP contribution in [0.15, 0.2) is 76.7 Å². The van der Waals surface area contributed by atoms with Crippen LogP contribution in [0.3, 0.4) is 0 Å². The van der Waals surface area contributed by atoms with Gasteiger partial charge < -0.3 is 4.42 Å². The Morgan fingerprint density at radius 1 is 0.879 bits per heavy atom. The first-order valence-corrected chi connectivity index (χ1v) is 12.1. The highest BCUT2D eigenvalue weighted by molar-refractivity contribution is 7.18. The summed E-state index contributed by atoms with van der Waals surface area (Å²) in [5.41, 5.74) is 9.11. The molecule has 0 unspecified atom stereocenters. The number of thiophene rings is 1. The van der Waals surface area contributed by atoms with Crippen LogP contribution in [0.5, 0.6) is 0 Å². The van der Waals surface area contributed by atoms with Crippen molar-refractivity contribution in [2.75, 3.05) is 0 Å². The van der Waals surface area contributed by atoms with Crippen molar-refractivity contribution in [3.05, 3.63) is 88.9 Å². The number of rotatable bonds is 3. The number of benzene rings is 3. The molecule has 3 heteroatoms. The first-order valence-electron chi connectivity index (χ1n) is 11.7. The van der Waals surface area contributed by atoms with Gasteiger partial charge in [-0.25, -0.2) is 0 Å². The molecule has 2 nitrogen and oxygen atoms in total. The second-order valence-electron chi connectivity index (χ2n) is 8.95. The van der Waals surface area contributed by atoms with Gasteiger partial charge in [0.2, 0.25) is 0 Å². The SMILES string of the molecule is [2H]C(C)(C)c1cc(-c2cccc3c2oc2c3ccc3ccsc32)ncc1-c1c(C)cccc1C. The van der Waals surface area contributed by atoms with Crippen molar-refractivity contribution < 1.29 is 5.79 Å². The summed E-state index contributed by atoms with van der Waals surface area (Å²) in [7, 11) is 0. The predicted octanol–water partition coefficient (Wildman–Crippen LogP) is 9.27. The van der Waals surface area contributed by atoms with Crippen molar-refractivity contribution in [2.24, 2.45) is 0 Å². The van der Waals surface area contributed by atoms with E-state index < -0.39 is 5.89 Å². The lowest BCUT2D eigenvalue weighted by Crippen LogP contribution is -1.99. The molecular formula is C30H25NOS. The van der Waals surface area contributed by atoms with E-state index in [2.05, 4.69) is 79.9 Å². The van der Waals surface area contributed by atoms with Crippen molar-refractivity contribution >= 4 is 43.4 Å². The Balaban J connectivity index is 1.62. The van der Waals surface area contributed by atoms with Crippen molar-refractivity contribution in [3.63, 3.8) is 0 Å². The van der Waals surface area contributed by atoms with Gasteiger partial charge in [0.25, 0.3) is 0 Å². The molecule has 3 aromatic carbocycles. The van der Waals surface area contributed by atoms with E-state index in [0.29, 0.717) is 0 Å². The van der Waals surface area contributed by atoms with Gasteiger partial charge in [0, 0.05) is 29.5 Å². The molecule has 0 saturated carbocycles. The minimum absolute atomic E-state index is 0.785. The largest absolute Gasteiger partial charge is 0.454 e. The molecule has 6 rings (SSSR count). The zero-order chi connectivity index (χ0) is 23.6. The van der Waals surface area contributed by atoms with E-state index in [4.69, 9.17) is 10.8 Å². The zero-order valence-electron chi connectivity index (χ0n) is 20.2. The van der Waals surface area contributed by atoms with E-state index >= 15 is 0 Å². The van der Waals surface area contributed by atoms with E-state index in [1.54, 1.807) is 11.3 Å². The fraction of sp³-hybridized carbons (Fsp3) is 0.167. The van der Waals surface area contributed by atoms with Gasteiger partial charge in [0.15, 0.2) is 5.58 Å². The molecular weight excluding hydrogens is 422 g/mol. The smallest absolute Gasteiger partial charge is 0.153 e. The van der Waals surface area contributed by atoms with Gasteiger partial charge in [0.1, 0.15) is 5.58 Å². The standard InChI is InChI=1S/C30H25NOS/c1-17(2)24-15-26(31-16-25(24)27-18(3)7-5-8-19(27)4)23-10-6-9-21-22-12-11-20-13-14-33-30(20)29(22)32-28(21)23/h5-17H,1-4H3/i17D. The highest BCUT2D eigenvalue weighted by Gasteiger charge is 2.19. The number of nitrogens with zero attached hydrogens (tertiary/aromatic N) is 1. The van der Waals surface area contributed by atoms with Crippen molar-refractivity contribution in [2.45, 2.75) is 33.6 Å². The number of aromatic nitrogens is 1. The first-order chi connectivity index (χ1) is 16.3. The van der Waals surface area contributed by atoms with Gasteiger partial charge in [-0.1, -0.05) is 50.2 Å². The van der Waals surface area contributed by atoms with Gasteiger partial charge in [-0.05, 0) is 77.0 Å². The molecule has 0 radical (unpaired) electrons. The van der Waals surface area contributed by atoms with Crippen LogP contribution in [-0.4, -0.2) is 4.98 Å². The third kappa shape index (κ3) is 3.11. The summed E-state index contributed by atoms with van der Waals surface area (Å²) in [6.07, 6.45) is 1.94. The molecule has 6 aromatic rings. The molecule has 0 fully saturated rings. The average molecular weight is 449 g/mol. The molecule has 0 aliphatic rings. The minimum atomic E-state index is -0.785. The Hall–Kier alpha value is -3.43. The predicted molar refractivity (Wildman–Crippen MR) is 141 cm³/mol. The van der Waals surface area contributed by atoms with Crippen molar-refractivity contribution in [1.29, 1.82) is 0 Å². The van der Waals surface area contributed by atoms with Crippen LogP contribution in [0.2, 0.25) is 0 Å². The van der Waals surface area contributed by atoms with Crippen LogP contribution in [0, 0.1) is 13.8 Å². The molecule has 0 atom stereocenters.